The Labute approximate surface area is 76.0 Å². The highest BCUT2D eigenvalue weighted by atomic mass is 35.5. The summed E-state index contributed by atoms with van der Waals surface area (Å²) in [5, 5.41) is 0. The number of alkyl halides is 1. The van der Waals surface area contributed by atoms with Crippen LogP contribution in [0.1, 0.15) is 19.8 Å². The van der Waals surface area contributed by atoms with Crippen molar-refractivity contribution >= 4 is 23.5 Å². The van der Waals surface area contributed by atoms with Crippen LogP contribution in [-0.2, 0) is 14.3 Å². The van der Waals surface area contributed by atoms with E-state index in [0.717, 1.165) is 0 Å². The van der Waals surface area contributed by atoms with E-state index in [-0.39, 0.29) is 12.3 Å². The Morgan fingerprint density at radius 2 is 2.17 bits per heavy atom. The summed E-state index contributed by atoms with van der Waals surface area (Å²) in [6, 6.07) is 0. The molecule has 1 atom stereocenters. The molecule has 0 radical (unpaired) electrons. The van der Waals surface area contributed by atoms with Gasteiger partial charge in [-0.25, -0.2) is 0 Å². The van der Waals surface area contributed by atoms with Crippen molar-refractivity contribution in [3.63, 3.8) is 0 Å². The molecule has 0 saturated carbocycles. The number of rotatable bonds is 5. The van der Waals surface area contributed by atoms with Gasteiger partial charge in [0.15, 0.2) is 0 Å². The Morgan fingerprint density at radius 3 is 2.50 bits per heavy atom. The van der Waals surface area contributed by atoms with E-state index in [9.17, 15) is 9.59 Å². The smallest absolute Gasteiger partial charge is 0.302 e. The van der Waals surface area contributed by atoms with Crippen LogP contribution in [-0.4, -0.2) is 23.9 Å². The lowest BCUT2D eigenvalue weighted by atomic mass is 10.2. The van der Waals surface area contributed by atoms with Crippen molar-refractivity contribution in [1.82, 2.24) is 0 Å². The van der Waals surface area contributed by atoms with Crippen molar-refractivity contribution < 1.29 is 14.3 Å². The van der Waals surface area contributed by atoms with Crippen molar-refractivity contribution in [1.29, 1.82) is 0 Å². The van der Waals surface area contributed by atoms with E-state index >= 15 is 0 Å². The van der Waals surface area contributed by atoms with Gasteiger partial charge in [-0.05, 0) is 6.42 Å². The molecule has 0 aromatic heterocycles. The van der Waals surface area contributed by atoms with E-state index in [1.165, 1.54) is 6.92 Å². The maximum Gasteiger partial charge on any atom is 0.302 e. The standard InChI is InChI=1S/C7H12ClNO3/c1-5(10)12-6(4-8)2-3-7(9)11/h6H,2-4H2,1H3,(H2,9,11). The van der Waals surface area contributed by atoms with Crippen LogP contribution in [0.3, 0.4) is 0 Å². The molecule has 0 aliphatic heterocycles. The molecule has 0 aromatic carbocycles. The highest BCUT2D eigenvalue weighted by Gasteiger charge is 2.11. The summed E-state index contributed by atoms with van der Waals surface area (Å²) in [4.78, 5) is 20.8. The molecule has 0 spiro atoms. The first kappa shape index (κ1) is 11.2. The van der Waals surface area contributed by atoms with Crippen molar-refractivity contribution in [2.24, 2.45) is 5.73 Å². The zero-order valence-electron chi connectivity index (χ0n) is 6.88. The first-order valence-electron chi connectivity index (χ1n) is 3.57. The van der Waals surface area contributed by atoms with Gasteiger partial charge in [-0.1, -0.05) is 0 Å². The highest BCUT2D eigenvalue weighted by Crippen LogP contribution is 2.04. The Balaban J connectivity index is 3.67. The van der Waals surface area contributed by atoms with E-state index in [2.05, 4.69) is 0 Å². The molecule has 1 amide bonds. The maximum absolute atomic E-state index is 10.5. The maximum atomic E-state index is 10.5. The number of carbonyl (C=O) groups is 2. The van der Waals surface area contributed by atoms with Gasteiger partial charge in [0, 0.05) is 13.3 Å². The van der Waals surface area contributed by atoms with Gasteiger partial charge >= 0.3 is 5.97 Å². The number of carbonyl (C=O) groups excluding carboxylic acids is 2. The second-order valence-corrected chi connectivity index (χ2v) is 2.70. The van der Waals surface area contributed by atoms with Gasteiger partial charge in [-0.2, -0.15) is 0 Å². The SMILES string of the molecule is CC(=O)OC(CCl)CCC(N)=O. The van der Waals surface area contributed by atoms with Crippen molar-refractivity contribution in [2.45, 2.75) is 25.9 Å². The van der Waals surface area contributed by atoms with E-state index < -0.39 is 18.0 Å². The molecule has 0 aliphatic carbocycles. The zero-order chi connectivity index (χ0) is 9.56. The molecular formula is C7H12ClNO3. The number of hydrogen-bond acceptors (Lipinski definition) is 3. The molecule has 0 heterocycles. The molecule has 0 saturated heterocycles. The normalized spacial score (nSPS) is 12.2. The third-order valence-corrected chi connectivity index (χ3v) is 1.56. The van der Waals surface area contributed by atoms with E-state index in [4.69, 9.17) is 22.1 Å². The fourth-order valence-electron chi connectivity index (χ4n) is 0.706. The predicted molar refractivity (Wildman–Crippen MR) is 44.7 cm³/mol. The predicted octanol–water partition coefficient (Wildman–Crippen LogP) is 0.422. The molecule has 0 aliphatic rings. The summed E-state index contributed by atoms with van der Waals surface area (Å²) in [7, 11) is 0. The minimum Gasteiger partial charge on any atom is -0.461 e. The van der Waals surface area contributed by atoms with Crippen LogP contribution in [0.15, 0.2) is 0 Å². The average Bonchev–Trinajstić information content (AvgIpc) is 1.97. The highest BCUT2D eigenvalue weighted by molar-refractivity contribution is 6.18. The van der Waals surface area contributed by atoms with Gasteiger partial charge < -0.3 is 10.5 Å². The summed E-state index contributed by atoms with van der Waals surface area (Å²) in [6.07, 6.45) is 0.167. The number of nitrogens with two attached hydrogens (primary N) is 1. The summed E-state index contributed by atoms with van der Waals surface area (Å²) in [6.45, 7) is 1.30. The molecule has 4 nitrogen and oxygen atoms in total. The van der Waals surface area contributed by atoms with Crippen molar-refractivity contribution in [3.8, 4) is 0 Å². The third kappa shape index (κ3) is 5.97. The lowest BCUT2D eigenvalue weighted by molar-refractivity contribution is -0.146. The summed E-state index contributed by atoms with van der Waals surface area (Å²) in [5.41, 5.74) is 4.90. The number of primary amides is 1. The molecular weight excluding hydrogens is 182 g/mol. The Bertz CT molecular complexity index is 172. The molecule has 0 rings (SSSR count). The Kier molecular flexibility index (Phi) is 5.45. The van der Waals surface area contributed by atoms with Gasteiger partial charge in [-0.15, -0.1) is 11.6 Å². The van der Waals surface area contributed by atoms with E-state index in [1.807, 2.05) is 0 Å². The molecule has 0 aromatic rings. The summed E-state index contributed by atoms with van der Waals surface area (Å²) < 4.78 is 4.77. The lowest BCUT2D eigenvalue weighted by Gasteiger charge is -2.12. The van der Waals surface area contributed by atoms with E-state index in [0.29, 0.717) is 6.42 Å². The molecule has 0 fully saturated rings. The lowest BCUT2D eigenvalue weighted by Crippen LogP contribution is -2.21. The molecule has 12 heavy (non-hydrogen) atoms. The van der Waals surface area contributed by atoms with Crippen LogP contribution in [0, 0.1) is 0 Å². The van der Waals surface area contributed by atoms with Gasteiger partial charge in [-0.3, -0.25) is 9.59 Å². The van der Waals surface area contributed by atoms with Gasteiger partial charge in [0.1, 0.15) is 6.10 Å². The van der Waals surface area contributed by atoms with E-state index in [1.54, 1.807) is 0 Å². The average molecular weight is 194 g/mol. The molecule has 5 heteroatoms. The Morgan fingerprint density at radius 1 is 1.58 bits per heavy atom. The second-order valence-electron chi connectivity index (χ2n) is 2.39. The first-order valence-corrected chi connectivity index (χ1v) is 4.11. The number of hydrogen-bond donors (Lipinski definition) is 1. The summed E-state index contributed by atoms with van der Waals surface area (Å²) >= 11 is 5.47. The van der Waals surface area contributed by atoms with Crippen LogP contribution in [0.4, 0.5) is 0 Å². The Hall–Kier alpha value is -0.770. The fraction of sp³-hybridized carbons (Fsp3) is 0.714. The molecule has 0 bridgehead atoms. The minimum atomic E-state index is -0.419. The quantitative estimate of drug-likeness (QED) is 0.508. The van der Waals surface area contributed by atoms with Crippen LogP contribution < -0.4 is 5.73 Å². The minimum absolute atomic E-state index is 0.185. The van der Waals surface area contributed by atoms with Gasteiger partial charge in [0.05, 0.1) is 5.88 Å². The molecule has 70 valence electrons. The number of amides is 1. The van der Waals surface area contributed by atoms with Crippen LogP contribution in [0.2, 0.25) is 0 Å². The van der Waals surface area contributed by atoms with Crippen molar-refractivity contribution in [3.05, 3.63) is 0 Å². The topological polar surface area (TPSA) is 69.4 Å². The number of halogens is 1. The zero-order valence-corrected chi connectivity index (χ0v) is 7.63. The van der Waals surface area contributed by atoms with Crippen LogP contribution >= 0.6 is 11.6 Å². The fourth-order valence-corrected chi connectivity index (χ4v) is 0.923. The number of ether oxygens (including phenoxy) is 1. The van der Waals surface area contributed by atoms with Gasteiger partial charge in [0.25, 0.3) is 0 Å². The first-order chi connectivity index (χ1) is 5.56. The van der Waals surface area contributed by atoms with Gasteiger partial charge in [0.2, 0.25) is 5.91 Å². The monoisotopic (exact) mass is 193 g/mol. The largest absolute Gasteiger partial charge is 0.461 e. The number of esters is 1. The molecule has 2 N–H and O–H groups in total. The summed E-state index contributed by atoms with van der Waals surface area (Å²) in [5.74, 6) is -0.630. The van der Waals surface area contributed by atoms with Crippen LogP contribution in [0.25, 0.3) is 0 Å². The van der Waals surface area contributed by atoms with Crippen molar-refractivity contribution in [2.75, 3.05) is 5.88 Å². The molecule has 1 unspecified atom stereocenters. The second kappa shape index (κ2) is 5.83. The third-order valence-electron chi connectivity index (χ3n) is 1.22. The van der Waals surface area contributed by atoms with Crippen LogP contribution in [0.5, 0.6) is 0 Å².